The van der Waals surface area contributed by atoms with E-state index in [0.29, 0.717) is 6.04 Å². The first-order chi connectivity index (χ1) is 6.75. The van der Waals surface area contributed by atoms with Gasteiger partial charge in [0.15, 0.2) is 0 Å². The van der Waals surface area contributed by atoms with Gasteiger partial charge in [-0.05, 0) is 31.3 Å². The van der Waals surface area contributed by atoms with Crippen molar-refractivity contribution >= 4 is 17.4 Å². The van der Waals surface area contributed by atoms with Gasteiger partial charge in [-0.25, -0.2) is 0 Å². The van der Waals surface area contributed by atoms with E-state index < -0.39 is 0 Å². The summed E-state index contributed by atoms with van der Waals surface area (Å²) in [4.78, 5) is 0. The van der Waals surface area contributed by atoms with E-state index in [1.165, 1.54) is 30.0 Å². The van der Waals surface area contributed by atoms with Gasteiger partial charge in [-0.3, -0.25) is 4.68 Å². The van der Waals surface area contributed by atoms with Crippen LogP contribution in [0.3, 0.4) is 0 Å². The molecule has 4 heteroatoms. The van der Waals surface area contributed by atoms with E-state index in [1.807, 2.05) is 11.7 Å². The van der Waals surface area contributed by atoms with Crippen LogP contribution >= 0.6 is 11.8 Å². The second kappa shape index (κ2) is 4.26. The fourth-order valence-corrected chi connectivity index (χ4v) is 2.91. The molecule has 1 aliphatic rings. The fourth-order valence-electron chi connectivity index (χ4n) is 1.80. The molecule has 0 atom stereocenters. The highest BCUT2D eigenvalue weighted by molar-refractivity contribution is 7.99. The molecule has 0 unspecified atom stereocenters. The van der Waals surface area contributed by atoms with E-state index in [9.17, 15) is 0 Å². The average Bonchev–Trinajstić information content (AvgIpc) is 2.47. The predicted molar refractivity (Wildman–Crippen MR) is 61.9 cm³/mol. The molecule has 1 saturated heterocycles. The van der Waals surface area contributed by atoms with Crippen molar-refractivity contribution in [1.82, 2.24) is 9.78 Å². The van der Waals surface area contributed by atoms with Crippen molar-refractivity contribution in [3.63, 3.8) is 0 Å². The molecule has 0 aromatic carbocycles. The van der Waals surface area contributed by atoms with Crippen LogP contribution in [0.4, 0.5) is 5.69 Å². The van der Waals surface area contributed by atoms with Gasteiger partial charge >= 0.3 is 0 Å². The van der Waals surface area contributed by atoms with Gasteiger partial charge in [0, 0.05) is 19.3 Å². The van der Waals surface area contributed by atoms with Crippen LogP contribution in [-0.2, 0) is 7.05 Å². The third-order valence-corrected chi connectivity index (χ3v) is 3.64. The standard InChI is InChI=1S/C10H17N3S/c1-8-10(7-13(2)12-8)11-9-3-5-14-6-4-9/h7,9,11H,3-6H2,1-2H3. The number of anilines is 1. The molecule has 1 aliphatic heterocycles. The highest BCUT2D eigenvalue weighted by Gasteiger charge is 2.14. The summed E-state index contributed by atoms with van der Waals surface area (Å²) in [6.45, 7) is 2.06. The van der Waals surface area contributed by atoms with E-state index in [2.05, 4.69) is 35.3 Å². The molecular formula is C10H17N3S. The second-order valence-corrected chi connectivity index (χ2v) is 5.06. The van der Waals surface area contributed by atoms with Crippen molar-refractivity contribution in [3.8, 4) is 0 Å². The van der Waals surface area contributed by atoms with E-state index in [4.69, 9.17) is 0 Å². The normalized spacial score (nSPS) is 18.4. The van der Waals surface area contributed by atoms with Gasteiger partial charge in [-0.1, -0.05) is 0 Å². The number of aromatic nitrogens is 2. The van der Waals surface area contributed by atoms with E-state index in [1.54, 1.807) is 0 Å². The largest absolute Gasteiger partial charge is 0.379 e. The number of hydrogen-bond acceptors (Lipinski definition) is 3. The second-order valence-electron chi connectivity index (χ2n) is 3.83. The first kappa shape index (κ1) is 9.90. The molecule has 0 saturated carbocycles. The molecule has 1 aromatic rings. The third kappa shape index (κ3) is 2.23. The Bertz CT molecular complexity index is 302. The lowest BCUT2D eigenvalue weighted by molar-refractivity contribution is 0.666. The van der Waals surface area contributed by atoms with Gasteiger partial charge in [0.25, 0.3) is 0 Å². The SMILES string of the molecule is Cc1nn(C)cc1NC1CCSCC1. The van der Waals surface area contributed by atoms with Gasteiger partial charge < -0.3 is 5.32 Å². The number of nitrogens with zero attached hydrogens (tertiary/aromatic N) is 2. The van der Waals surface area contributed by atoms with Crippen molar-refractivity contribution < 1.29 is 0 Å². The molecule has 2 rings (SSSR count). The smallest absolute Gasteiger partial charge is 0.0825 e. The first-order valence-corrected chi connectivity index (χ1v) is 6.25. The van der Waals surface area contributed by atoms with Gasteiger partial charge in [0.1, 0.15) is 0 Å². The van der Waals surface area contributed by atoms with Crippen LogP contribution in [0.1, 0.15) is 18.5 Å². The lowest BCUT2D eigenvalue weighted by Gasteiger charge is -2.23. The van der Waals surface area contributed by atoms with Gasteiger partial charge in [0.05, 0.1) is 11.4 Å². The summed E-state index contributed by atoms with van der Waals surface area (Å²) in [5.41, 5.74) is 2.30. The summed E-state index contributed by atoms with van der Waals surface area (Å²) in [7, 11) is 1.97. The number of aryl methyl sites for hydroxylation is 2. The zero-order valence-corrected chi connectivity index (χ0v) is 9.60. The number of nitrogens with one attached hydrogen (secondary N) is 1. The summed E-state index contributed by atoms with van der Waals surface area (Å²) in [6, 6.07) is 0.652. The Kier molecular flexibility index (Phi) is 3.01. The number of hydrogen-bond donors (Lipinski definition) is 1. The highest BCUT2D eigenvalue weighted by atomic mass is 32.2. The van der Waals surface area contributed by atoms with Crippen LogP contribution < -0.4 is 5.32 Å². The Morgan fingerprint density at radius 1 is 1.50 bits per heavy atom. The maximum Gasteiger partial charge on any atom is 0.0825 e. The molecule has 0 amide bonds. The van der Waals surface area contributed by atoms with Crippen LogP contribution in [0.2, 0.25) is 0 Å². The minimum Gasteiger partial charge on any atom is -0.379 e. The molecule has 0 aliphatic carbocycles. The summed E-state index contributed by atoms with van der Waals surface area (Å²) in [6.07, 6.45) is 4.62. The topological polar surface area (TPSA) is 29.9 Å². The van der Waals surface area contributed by atoms with Gasteiger partial charge in [0.2, 0.25) is 0 Å². The Morgan fingerprint density at radius 3 is 2.79 bits per heavy atom. The van der Waals surface area contributed by atoms with Crippen molar-refractivity contribution in [2.75, 3.05) is 16.8 Å². The molecule has 3 nitrogen and oxygen atoms in total. The Labute approximate surface area is 89.3 Å². The summed E-state index contributed by atoms with van der Waals surface area (Å²) < 4.78 is 1.87. The van der Waals surface area contributed by atoms with E-state index in [0.717, 1.165) is 5.69 Å². The van der Waals surface area contributed by atoms with Crippen LogP contribution in [0.15, 0.2) is 6.20 Å². The zero-order valence-electron chi connectivity index (χ0n) is 8.79. The van der Waals surface area contributed by atoms with Crippen LogP contribution in [0.5, 0.6) is 0 Å². The first-order valence-electron chi connectivity index (χ1n) is 5.10. The maximum absolute atomic E-state index is 4.33. The highest BCUT2D eigenvalue weighted by Crippen LogP contribution is 2.22. The minimum atomic E-state index is 0.652. The molecular weight excluding hydrogens is 194 g/mol. The van der Waals surface area contributed by atoms with Crippen molar-refractivity contribution in [3.05, 3.63) is 11.9 Å². The van der Waals surface area contributed by atoms with Crippen molar-refractivity contribution in [2.24, 2.45) is 7.05 Å². The zero-order chi connectivity index (χ0) is 9.97. The fraction of sp³-hybridized carbons (Fsp3) is 0.700. The molecule has 0 bridgehead atoms. The van der Waals surface area contributed by atoms with Crippen LogP contribution in [-0.4, -0.2) is 27.3 Å². The molecule has 0 radical (unpaired) electrons. The van der Waals surface area contributed by atoms with Crippen molar-refractivity contribution in [1.29, 1.82) is 0 Å². The Balaban J connectivity index is 1.98. The molecule has 0 spiro atoms. The molecule has 78 valence electrons. The molecule has 1 fully saturated rings. The third-order valence-electron chi connectivity index (χ3n) is 2.59. The van der Waals surface area contributed by atoms with Crippen LogP contribution in [0, 0.1) is 6.92 Å². The Morgan fingerprint density at radius 2 is 2.21 bits per heavy atom. The molecule has 1 N–H and O–H groups in total. The maximum atomic E-state index is 4.33. The molecule has 14 heavy (non-hydrogen) atoms. The quantitative estimate of drug-likeness (QED) is 0.812. The summed E-state index contributed by atoms with van der Waals surface area (Å²) >= 11 is 2.06. The predicted octanol–water partition coefficient (Wildman–Crippen LogP) is 2.04. The van der Waals surface area contributed by atoms with Crippen LogP contribution in [0.25, 0.3) is 0 Å². The monoisotopic (exact) mass is 211 g/mol. The average molecular weight is 211 g/mol. The lowest BCUT2D eigenvalue weighted by Crippen LogP contribution is -2.24. The van der Waals surface area contributed by atoms with E-state index >= 15 is 0 Å². The number of thioether (sulfide) groups is 1. The molecule has 2 heterocycles. The van der Waals surface area contributed by atoms with Crippen molar-refractivity contribution in [2.45, 2.75) is 25.8 Å². The minimum absolute atomic E-state index is 0.652. The number of rotatable bonds is 2. The van der Waals surface area contributed by atoms with Gasteiger partial charge in [-0.15, -0.1) is 0 Å². The summed E-state index contributed by atoms with van der Waals surface area (Å²) in [5.74, 6) is 2.58. The lowest BCUT2D eigenvalue weighted by atomic mass is 10.1. The van der Waals surface area contributed by atoms with E-state index in [-0.39, 0.29) is 0 Å². The molecule has 1 aromatic heterocycles. The van der Waals surface area contributed by atoms with Gasteiger partial charge in [-0.2, -0.15) is 16.9 Å². The Hall–Kier alpha value is -0.640. The summed E-state index contributed by atoms with van der Waals surface area (Å²) in [5, 5.41) is 7.90.